The van der Waals surface area contributed by atoms with Gasteiger partial charge in [-0.3, -0.25) is 9.78 Å². The molecule has 3 heterocycles. The maximum absolute atomic E-state index is 13.0. The molecule has 1 fully saturated rings. The maximum Gasteiger partial charge on any atom is 0.272 e. The Morgan fingerprint density at radius 3 is 2.63 bits per heavy atom. The number of nitrogens with two attached hydrogens (primary N) is 1. The van der Waals surface area contributed by atoms with Gasteiger partial charge in [0.1, 0.15) is 22.4 Å². The van der Waals surface area contributed by atoms with E-state index in [1.807, 2.05) is 44.0 Å². The van der Waals surface area contributed by atoms with Gasteiger partial charge in [-0.05, 0) is 63.7 Å². The van der Waals surface area contributed by atoms with Crippen LogP contribution < -0.4 is 15.2 Å². The van der Waals surface area contributed by atoms with Crippen molar-refractivity contribution < 1.29 is 13.7 Å². The third kappa shape index (κ3) is 7.83. The molecular formula is C27H38N6O3S2. The molecule has 1 aromatic carbocycles. The first-order chi connectivity index (χ1) is 18.3. The molecule has 4 rings (SSSR count). The summed E-state index contributed by atoms with van der Waals surface area (Å²) in [5, 5.41) is 11.4. The Morgan fingerprint density at radius 2 is 1.97 bits per heavy atom. The normalized spacial score (nSPS) is 14.9. The molecule has 1 amide bonds. The first-order valence-electron chi connectivity index (χ1n) is 13.0. The highest BCUT2D eigenvalue weighted by Crippen LogP contribution is 2.33. The maximum atomic E-state index is 13.0. The second-order valence-electron chi connectivity index (χ2n) is 8.80. The van der Waals surface area contributed by atoms with Gasteiger partial charge in [0.05, 0.1) is 22.4 Å². The summed E-state index contributed by atoms with van der Waals surface area (Å²) >= 11 is 1.43. The Kier molecular flexibility index (Phi) is 11.2. The predicted molar refractivity (Wildman–Crippen MR) is 155 cm³/mol. The van der Waals surface area contributed by atoms with Gasteiger partial charge in [0.25, 0.3) is 5.91 Å². The average molecular weight is 559 g/mol. The van der Waals surface area contributed by atoms with Crippen LogP contribution in [0.5, 0.6) is 5.75 Å². The van der Waals surface area contributed by atoms with Gasteiger partial charge >= 0.3 is 0 Å². The Bertz CT molecular complexity index is 1220. The van der Waals surface area contributed by atoms with Crippen LogP contribution in [0.4, 0.5) is 10.8 Å². The number of nitrogens with zero attached hydrogens (tertiary/aromatic N) is 4. The molecule has 1 unspecified atom stereocenters. The summed E-state index contributed by atoms with van der Waals surface area (Å²) in [6.07, 6.45) is 2.63. The van der Waals surface area contributed by atoms with Gasteiger partial charge in [-0.1, -0.05) is 20.8 Å². The first-order valence-corrected chi connectivity index (χ1v) is 15.1. The van der Waals surface area contributed by atoms with Crippen molar-refractivity contribution in [1.29, 1.82) is 0 Å². The van der Waals surface area contributed by atoms with Crippen molar-refractivity contribution in [3.8, 4) is 17.0 Å². The molecular weight excluding hydrogens is 520 g/mol. The second kappa shape index (κ2) is 14.3. The number of hydrogen-bond acceptors (Lipinski definition) is 8. The van der Waals surface area contributed by atoms with E-state index in [-0.39, 0.29) is 12.0 Å². The molecule has 9 nitrogen and oxygen atoms in total. The third-order valence-electron chi connectivity index (χ3n) is 5.89. The Hall–Kier alpha value is -2.86. The zero-order chi connectivity index (χ0) is 27.7. The van der Waals surface area contributed by atoms with Crippen molar-refractivity contribution in [2.45, 2.75) is 52.0 Å². The quantitative estimate of drug-likeness (QED) is 0.404. The zero-order valence-corrected chi connectivity index (χ0v) is 24.4. The fourth-order valence-electron chi connectivity index (χ4n) is 3.99. The Balaban J connectivity index is 0.00000195. The number of carbonyl (C=O) groups excluding carboxylic acids is 1. The number of anilines is 2. The molecule has 38 heavy (non-hydrogen) atoms. The molecule has 2 aromatic heterocycles. The number of thiazole rings is 1. The predicted octanol–water partition coefficient (Wildman–Crippen LogP) is 4.91. The molecule has 1 aliphatic rings. The molecule has 3 N–H and O–H groups in total. The van der Waals surface area contributed by atoms with E-state index in [9.17, 15) is 9.00 Å². The summed E-state index contributed by atoms with van der Waals surface area (Å²) in [4.78, 5) is 26.8. The smallest absolute Gasteiger partial charge is 0.272 e. The summed E-state index contributed by atoms with van der Waals surface area (Å²) in [5.41, 5.74) is 2.64. The molecule has 1 saturated heterocycles. The van der Waals surface area contributed by atoms with Crippen molar-refractivity contribution in [3.05, 3.63) is 47.6 Å². The van der Waals surface area contributed by atoms with Crippen molar-refractivity contribution >= 4 is 39.0 Å². The lowest BCUT2D eigenvalue weighted by molar-refractivity contribution is 0.0756. The van der Waals surface area contributed by atoms with Crippen LogP contribution in [0.15, 0.2) is 46.8 Å². The van der Waals surface area contributed by atoms with E-state index in [0.29, 0.717) is 27.2 Å². The fourth-order valence-corrected chi connectivity index (χ4v) is 5.16. The highest BCUT2D eigenvalue weighted by Gasteiger charge is 2.21. The van der Waals surface area contributed by atoms with Crippen LogP contribution in [0.2, 0.25) is 0 Å². The van der Waals surface area contributed by atoms with E-state index in [1.165, 1.54) is 11.3 Å². The average Bonchev–Trinajstić information content (AvgIpc) is 3.25. The van der Waals surface area contributed by atoms with Gasteiger partial charge in [-0.15, -0.1) is 11.3 Å². The van der Waals surface area contributed by atoms with Gasteiger partial charge in [-0.25, -0.2) is 14.3 Å². The van der Waals surface area contributed by atoms with Crippen LogP contribution >= 0.6 is 11.3 Å². The van der Waals surface area contributed by atoms with E-state index in [2.05, 4.69) is 27.1 Å². The topological polar surface area (TPSA) is 114 Å². The zero-order valence-electron chi connectivity index (χ0n) is 22.8. The highest BCUT2D eigenvalue weighted by atomic mass is 32.2. The first kappa shape index (κ1) is 29.7. The number of likely N-dealkylation sites (N-methyl/N-ethyl adjacent to an activating group) is 1. The molecule has 0 aliphatic carbocycles. The summed E-state index contributed by atoms with van der Waals surface area (Å²) < 4.78 is 17.6. The standard InChI is InChI=1S/C25H32N6O3S2.C2H6/c1-4-30-10-5-11-31(13-12-30)24(32)20-8-6-18(15-27-20)22-16-35-25(29-22)28-21-14-19(36(26)33)7-9-23(21)34-17(2)3;1-2/h6-9,14-17H,4-5,10-13,26H2,1-3H3,(H,28,29);1-2H3. The molecule has 0 spiro atoms. The largest absolute Gasteiger partial charge is 0.489 e. The van der Waals surface area contributed by atoms with E-state index in [0.717, 1.165) is 50.4 Å². The van der Waals surface area contributed by atoms with Gasteiger partial charge < -0.3 is 19.9 Å². The molecule has 1 atom stereocenters. The minimum Gasteiger partial charge on any atom is -0.489 e. The molecule has 0 radical (unpaired) electrons. The lowest BCUT2D eigenvalue weighted by Crippen LogP contribution is -2.35. The van der Waals surface area contributed by atoms with Crippen LogP contribution in [0.1, 0.15) is 51.5 Å². The summed E-state index contributed by atoms with van der Waals surface area (Å²) in [7, 11) is -1.61. The van der Waals surface area contributed by atoms with Crippen LogP contribution in [-0.2, 0) is 11.0 Å². The third-order valence-corrected chi connectivity index (χ3v) is 7.37. The van der Waals surface area contributed by atoms with Crippen LogP contribution in [0.3, 0.4) is 0 Å². The molecule has 11 heteroatoms. The van der Waals surface area contributed by atoms with Crippen molar-refractivity contribution in [1.82, 2.24) is 19.8 Å². The number of ether oxygens (including phenoxy) is 1. The van der Waals surface area contributed by atoms with E-state index in [4.69, 9.17) is 9.88 Å². The lowest BCUT2D eigenvalue weighted by atomic mass is 10.2. The van der Waals surface area contributed by atoms with E-state index < -0.39 is 11.0 Å². The van der Waals surface area contributed by atoms with Gasteiger partial charge in [0.2, 0.25) is 0 Å². The summed E-state index contributed by atoms with van der Waals surface area (Å²) in [6.45, 7) is 14.4. The number of pyridine rings is 1. The minimum absolute atomic E-state index is 0.0289. The Labute approximate surface area is 232 Å². The molecule has 1 aliphatic heterocycles. The number of benzene rings is 1. The highest BCUT2D eigenvalue weighted by molar-refractivity contribution is 7.82. The minimum atomic E-state index is -1.61. The summed E-state index contributed by atoms with van der Waals surface area (Å²) in [5.74, 6) is 0.589. The number of amides is 1. The fraction of sp³-hybridized carbons (Fsp3) is 0.444. The summed E-state index contributed by atoms with van der Waals surface area (Å²) in [6, 6.07) is 8.79. The second-order valence-corrected chi connectivity index (χ2v) is 10.7. The van der Waals surface area contributed by atoms with Crippen LogP contribution in [0.25, 0.3) is 11.3 Å². The lowest BCUT2D eigenvalue weighted by Gasteiger charge is -2.20. The number of nitrogens with one attached hydrogen (secondary N) is 1. The van der Waals surface area contributed by atoms with Crippen LogP contribution in [-0.4, -0.2) is 68.7 Å². The van der Waals surface area contributed by atoms with Gasteiger partial charge in [-0.2, -0.15) is 0 Å². The molecule has 0 saturated carbocycles. The van der Waals surface area contributed by atoms with Gasteiger partial charge in [0.15, 0.2) is 5.13 Å². The van der Waals surface area contributed by atoms with E-state index >= 15 is 0 Å². The Morgan fingerprint density at radius 1 is 1.18 bits per heavy atom. The number of carbonyl (C=O) groups is 1. The monoisotopic (exact) mass is 558 g/mol. The van der Waals surface area contributed by atoms with Crippen molar-refractivity contribution in [2.75, 3.05) is 38.0 Å². The SMILES string of the molecule is CC.CCN1CCCN(C(=O)c2ccc(-c3csc(Nc4cc(S(N)=O)ccc4OC(C)C)n3)cn2)CC1. The number of rotatable bonds is 8. The molecule has 0 bridgehead atoms. The van der Waals surface area contributed by atoms with Gasteiger partial charge in [0, 0.05) is 36.8 Å². The van der Waals surface area contributed by atoms with Crippen molar-refractivity contribution in [3.63, 3.8) is 0 Å². The number of aromatic nitrogens is 2. The van der Waals surface area contributed by atoms with Crippen molar-refractivity contribution in [2.24, 2.45) is 5.14 Å². The molecule has 3 aromatic rings. The molecule has 206 valence electrons. The number of hydrogen-bond donors (Lipinski definition) is 2. The van der Waals surface area contributed by atoms with E-state index in [1.54, 1.807) is 30.5 Å². The van der Waals surface area contributed by atoms with Crippen LogP contribution in [0, 0.1) is 0 Å².